The second-order valence-corrected chi connectivity index (χ2v) is 8.43. The van der Waals surface area contributed by atoms with E-state index in [1.54, 1.807) is 21.4 Å². The zero-order valence-electron chi connectivity index (χ0n) is 16.3. The number of nitrogens with one attached hydrogen (secondary N) is 1. The lowest BCUT2D eigenvalue weighted by molar-refractivity contribution is -0.122. The fraction of sp³-hybridized carbons (Fsp3) is 0.400. The fourth-order valence-electron chi connectivity index (χ4n) is 2.91. The number of nitrogens with zero attached hydrogens (tertiary/aromatic N) is 4. The highest BCUT2D eigenvalue weighted by atomic mass is 35.5. The largest absolute Gasteiger partial charge is 0.354 e. The van der Waals surface area contributed by atoms with Crippen LogP contribution in [0.25, 0.3) is 11.0 Å². The quantitative estimate of drug-likeness (QED) is 0.688. The Morgan fingerprint density at radius 3 is 2.61 bits per heavy atom. The molecule has 3 rings (SSSR count). The van der Waals surface area contributed by atoms with E-state index in [0.717, 1.165) is 5.56 Å². The molecule has 0 spiro atoms. The minimum absolute atomic E-state index is 0.00208. The third-order valence-electron chi connectivity index (χ3n) is 4.23. The molecule has 2 aromatic heterocycles. The molecule has 7 nitrogen and oxygen atoms in total. The molecular formula is C20H24ClN5O2. The molecule has 2 heterocycles. The molecule has 0 aliphatic heterocycles. The van der Waals surface area contributed by atoms with Crippen molar-refractivity contribution >= 4 is 28.5 Å². The Hall–Kier alpha value is -2.67. The molecule has 1 aromatic carbocycles. The summed E-state index contributed by atoms with van der Waals surface area (Å²) in [4.78, 5) is 29.0. The molecule has 0 fully saturated rings. The Balaban J connectivity index is 1.69. The van der Waals surface area contributed by atoms with E-state index in [9.17, 15) is 9.59 Å². The van der Waals surface area contributed by atoms with Gasteiger partial charge in [0, 0.05) is 18.0 Å². The minimum Gasteiger partial charge on any atom is -0.354 e. The normalized spacial score (nSPS) is 11.7. The second-order valence-electron chi connectivity index (χ2n) is 8.00. The second kappa shape index (κ2) is 8.14. The molecular weight excluding hydrogens is 378 g/mol. The zero-order chi connectivity index (χ0) is 20.3. The molecule has 8 heteroatoms. The highest BCUT2D eigenvalue weighted by Gasteiger charge is 2.16. The first-order valence-electron chi connectivity index (χ1n) is 9.15. The molecule has 148 valence electrons. The fourth-order valence-corrected chi connectivity index (χ4v) is 3.03. The number of hydrogen-bond acceptors (Lipinski definition) is 4. The summed E-state index contributed by atoms with van der Waals surface area (Å²) in [5.74, 6) is 0.00208. The summed E-state index contributed by atoms with van der Waals surface area (Å²) in [5, 5.41) is 8.25. The van der Waals surface area contributed by atoms with E-state index in [1.165, 1.54) is 12.5 Å². The number of fused-ring (bicyclic) bond motifs is 1. The number of aromatic nitrogens is 4. The first-order chi connectivity index (χ1) is 13.2. The highest BCUT2D eigenvalue weighted by molar-refractivity contribution is 6.30. The Labute approximate surface area is 168 Å². The van der Waals surface area contributed by atoms with Crippen LogP contribution in [0, 0.1) is 5.41 Å². The first kappa shape index (κ1) is 20.1. The lowest BCUT2D eigenvalue weighted by Crippen LogP contribution is -2.30. The van der Waals surface area contributed by atoms with Gasteiger partial charge in [-0.1, -0.05) is 44.5 Å². The van der Waals surface area contributed by atoms with E-state index in [4.69, 9.17) is 11.6 Å². The smallest absolute Gasteiger partial charge is 0.264 e. The topological polar surface area (TPSA) is 81.8 Å². The molecule has 0 bridgehead atoms. The standard InChI is InChI=1S/C20H24ClN5O2/c1-20(2,3)10-17(27)22-8-9-26-18-16(11-24-26)19(28)25(13-23-18)12-14-4-6-15(21)7-5-14/h4-7,11,13H,8-10,12H2,1-3H3,(H,22,27). The molecule has 0 saturated carbocycles. The number of carbonyl (C=O) groups excluding carboxylic acids is 1. The maximum Gasteiger partial charge on any atom is 0.264 e. The van der Waals surface area contributed by atoms with Crippen LogP contribution in [0.1, 0.15) is 32.8 Å². The van der Waals surface area contributed by atoms with Gasteiger partial charge >= 0.3 is 0 Å². The third-order valence-corrected chi connectivity index (χ3v) is 4.48. The average molecular weight is 402 g/mol. The van der Waals surface area contributed by atoms with Gasteiger partial charge in [0.25, 0.3) is 5.56 Å². The van der Waals surface area contributed by atoms with Gasteiger partial charge in [0.05, 0.1) is 19.3 Å². The average Bonchev–Trinajstić information content (AvgIpc) is 3.01. The summed E-state index contributed by atoms with van der Waals surface area (Å²) < 4.78 is 3.18. The van der Waals surface area contributed by atoms with Crippen LogP contribution in [-0.4, -0.2) is 31.8 Å². The number of halogens is 1. The van der Waals surface area contributed by atoms with E-state index in [2.05, 4.69) is 15.4 Å². The minimum atomic E-state index is -0.150. The van der Waals surface area contributed by atoms with Crippen molar-refractivity contribution in [3.05, 3.63) is 57.7 Å². The van der Waals surface area contributed by atoms with E-state index >= 15 is 0 Å². The summed E-state index contributed by atoms with van der Waals surface area (Å²) in [7, 11) is 0. The third kappa shape index (κ3) is 4.98. The van der Waals surface area contributed by atoms with E-state index < -0.39 is 0 Å². The predicted octanol–water partition coefficient (Wildman–Crippen LogP) is 2.85. The van der Waals surface area contributed by atoms with Crippen LogP contribution in [0.3, 0.4) is 0 Å². The van der Waals surface area contributed by atoms with Gasteiger partial charge in [0.2, 0.25) is 5.91 Å². The molecule has 1 N–H and O–H groups in total. The molecule has 28 heavy (non-hydrogen) atoms. The van der Waals surface area contributed by atoms with Gasteiger partial charge in [0.15, 0.2) is 5.65 Å². The number of benzene rings is 1. The van der Waals surface area contributed by atoms with Gasteiger partial charge in [-0.2, -0.15) is 5.10 Å². The first-order valence-corrected chi connectivity index (χ1v) is 9.53. The lowest BCUT2D eigenvalue weighted by Gasteiger charge is -2.17. The van der Waals surface area contributed by atoms with Crippen molar-refractivity contribution in [2.75, 3.05) is 6.54 Å². The van der Waals surface area contributed by atoms with Crippen molar-refractivity contribution in [2.45, 2.75) is 40.3 Å². The van der Waals surface area contributed by atoms with Crippen LogP contribution in [0.4, 0.5) is 0 Å². The van der Waals surface area contributed by atoms with E-state index in [0.29, 0.717) is 42.1 Å². The predicted molar refractivity (Wildman–Crippen MR) is 109 cm³/mol. The van der Waals surface area contributed by atoms with Crippen LogP contribution < -0.4 is 10.9 Å². The Bertz CT molecular complexity index is 1030. The summed E-state index contributed by atoms with van der Waals surface area (Å²) in [6.07, 6.45) is 3.51. The number of hydrogen-bond donors (Lipinski definition) is 1. The van der Waals surface area contributed by atoms with Crippen molar-refractivity contribution in [2.24, 2.45) is 5.41 Å². The Morgan fingerprint density at radius 2 is 1.93 bits per heavy atom. The molecule has 3 aromatic rings. The van der Waals surface area contributed by atoms with E-state index in [1.807, 2.05) is 32.9 Å². The van der Waals surface area contributed by atoms with Crippen LogP contribution in [0.5, 0.6) is 0 Å². The zero-order valence-corrected chi connectivity index (χ0v) is 17.0. The van der Waals surface area contributed by atoms with Crippen molar-refractivity contribution in [1.82, 2.24) is 24.6 Å². The van der Waals surface area contributed by atoms with Gasteiger partial charge in [-0.25, -0.2) is 9.67 Å². The summed E-state index contributed by atoms with van der Waals surface area (Å²) in [6.45, 7) is 7.35. The Morgan fingerprint density at radius 1 is 1.21 bits per heavy atom. The Kier molecular flexibility index (Phi) is 5.84. The molecule has 0 atom stereocenters. The summed E-state index contributed by atoms with van der Waals surface area (Å²) in [5.41, 5.74) is 1.27. The lowest BCUT2D eigenvalue weighted by atomic mass is 9.92. The molecule has 1 amide bonds. The van der Waals surface area contributed by atoms with Crippen LogP contribution in [-0.2, 0) is 17.9 Å². The van der Waals surface area contributed by atoms with Gasteiger partial charge in [-0.15, -0.1) is 0 Å². The van der Waals surface area contributed by atoms with E-state index in [-0.39, 0.29) is 16.9 Å². The van der Waals surface area contributed by atoms with Crippen LogP contribution >= 0.6 is 11.6 Å². The number of amides is 1. The van der Waals surface area contributed by atoms with Crippen LogP contribution in [0.2, 0.25) is 5.02 Å². The van der Waals surface area contributed by atoms with Gasteiger partial charge in [-0.05, 0) is 23.1 Å². The van der Waals surface area contributed by atoms with Gasteiger partial charge in [0.1, 0.15) is 11.7 Å². The summed E-state index contributed by atoms with van der Waals surface area (Å²) >= 11 is 5.90. The van der Waals surface area contributed by atoms with Crippen molar-refractivity contribution in [3.63, 3.8) is 0 Å². The van der Waals surface area contributed by atoms with Crippen LogP contribution in [0.15, 0.2) is 41.6 Å². The van der Waals surface area contributed by atoms with Crippen molar-refractivity contribution in [1.29, 1.82) is 0 Å². The molecule has 0 saturated heterocycles. The number of rotatable bonds is 6. The monoisotopic (exact) mass is 401 g/mol. The van der Waals surface area contributed by atoms with Crippen molar-refractivity contribution < 1.29 is 4.79 Å². The maximum absolute atomic E-state index is 12.7. The molecule has 0 radical (unpaired) electrons. The number of carbonyl (C=O) groups is 1. The SMILES string of the molecule is CC(C)(C)CC(=O)NCCn1ncc2c(=O)n(Cc3ccc(Cl)cc3)cnc21. The summed E-state index contributed by atoms with van der Waals surface area (Å²) in [6, 6.07) is 7.34. The van der Waals surface area contributed by atoms with Gasteiger partial charge in [-0.3, -0.25) is 14.2 Å². The maximum atomic E-state index is 12.7. The molecule has 0 aliphatic rings. The van der Waals surface area contributed by atoms with Gasteiger partial charge < -0.3 is 5.32 Å². The molecule has 0 unspecified atom stereocenters. The van der Waals surface area contributed by atoms with Crippen molar-refractivity contribution in [3.8, 4) is 0 Å². The molecule has 0 aliphatic carbocycles. The highest BCUT2D eigenvalue weighted by Crippen LogP contribution is 2.17.